The number of hydrogen-bond donors (Lipinski definition) is 2. The van der Waals surface area contributed by atoms with Crippen LogP contribution in [0.3, 0.4) is 0 Å². The summed E-state index contributed by atoms with van der Waals surface area (Å²) in [5.74, 6) is -0.0711. The van der Waals surface area contributed by atoms with Gasteiger partial charge in [-0.05, 0) is 42.4 Å². The van der Waals surface area contributed by atoms with Crippen LogP contribution in [0.1, 0.15) is 44.7 Å². The first-order valence-electron chi connectivity index (χ1n) is 7.50. The zero-order valence-corrected chi connectivity index (χ0v) is 13.3. The minimum Gasteiger partial charge on any atom is -0.491 e. The summed E-state index contributed by atoms with van der Waals surface area (Å²) in [6, 6.07) is 5.80. The lowest BCUT2D eigenvalue weighted by molar-refractivity contribution is -0.140. The van der Waals surface area contributed by atoms with Crippen molar-refractivity contribution in [1.29, 1.82) is 0 Å². The predicted molar refractivity (Wildman–Crippen MR) is 83.0 cm³/mol. The van der Waals surface area contributed by atoms with Crippen molar-refractivity contribution in [2.24, 2.45) is 0 Å². The summed E-state index contributed by atoms with van der Waals surface area (Å²) in [6.07, 6.45) is 2.11. The van der Waals surface area contributed by atoms with Crippen molar-refractivity contribution < 1.29 is 14.6 Å². The van der Waals surface area contributed by atoms with Crippen LogP contribution in [0.5, 0.6) is 5.75 Å². The van der Waals surface area contributed by atoms with E-state index in [0.29, 0.717) is 6.04 Å². The zero-order chi connectivity index (χ0) is 15.6. The molecule has 2 rings (SSSR count). The van der Waals surface area contributed by atoms with Crippen LogP contribution in [0.2, 0.25) is 0 Å². The second-order valence-electron chi connectivity index (χ2n) is 6.89. The highest BCUT2D eigenvalue weighted by Crippen LogP contribution is 2.32. The van der Waals surface area contributed by atoms with Crippen LogP contribution in [0.4, 0.5) is 0 Å². The standard InChI is InChI=1S/C17H25NO3/c1-11-5-8-13(17(2,3)4)15(9-11)21-10-14(16(19)20)18-12-6-7-12/h5,8-9,12,14,18H,6-7,10H2,1-4H3,(H,19,20). The van der Waals surface area contributed by atoms with E-state index in [1.165, 1.54) is 0 Å². The smallest absolute Gasteiger partial charge is 0.324 e. The third-order valence-electron chi connectivity index (χ3n) is 3.66. The molecule has 1 aromatic rings. The topological polar surface area (TPSA) is 58.6 Å². The van der Waals surface area contributed by atoms with E-state index in [-0.39, 0.29) is 12.0 Å². The monoisotopic (exact) mass is 291 g/mol. The molecule has 1 fully saturated rings. The van der Waals surface area contributed by atoms with E-state index in [1.807, 2.05) is 13.0 Å². The summed E-state index contributed by atoms with van der Waals surface area (Å²) in [5, 5.41) is 12.4. The average molecular weight is 291 g/mol. The van der Waals surface area contributed by atoms with Gasteiger partial charge in [0, 0.05) is 6.04 Å². The fourth-order valence-corrected chi connectivity index (χ4v) is 2.27. The number of carboxylic acid groups (broad SMARTS) is 1. The maximum absolute atomic E-state index is 11.3. The SMILES string of the molecule is Cc1ccc(C(C)(C)C)c(OCC(NC2CC2)C(=O)O)c1. The number of rotatable bonds is 6. The third kappa shape index (κ3) is 4.46. The van der Waals surface area contributed by atoms with Crippen molar-refractivity contribution >= 4 is 5.97 Å². The summed E-state index contributed by atoms with van der Waals surface area (Å²) in [4.78, 5) is 11.3. The Balaban J connectivity index is 2.10. The van der Waals surface area contributed by atoms with Crippen LogP contribution >= 0.6 is 0 Å². The molecule has 116 valence electrons. The Bertz CT molecular complexity index is 515. The molecule has 21 heavy (non-hydrogen) atoms. The van der Waals surface area contributed by atoms with Crippen LogP contribution in [0.15, 0.2) is 18.2 Å². The minimum atomic E-state index is -0.855. The molecule has 1 aliphatic carbocycles. The van der Waals surface area contributed by atoms with Crippen LogP contribution in [0.25, 0.3) is 0 Å². The molecule has 2 N–H and O–H groups in total. The Kier molecular flexibility index (Phi) is 4.57. The maximum atomic E-state index is 11.3. The highest BCUT2D eigenvalue weighted by atomic mass is 16.5. The predicted octanol–water partition coefficient (Wildman–Crippen LogP) is 2.88. The first kappa shape index (κ1) is 15.8. The molecule has 0 bridgehead atoms. The summed E-state index contributed by atoms with van der Waals surface area (Å²) < 4.78 is 5.85. The zero-order valence-electron chi connectivity index (χ0n) is 13.3. The van der Waals surface area contributed by atoms with Crippen molar-refractivity contribution in [2.75, 3.05) is 6.61 Å². The van der Waals surface area contributed by atoms with E-state index < -0.39 is 12.0 Å². The quantitative estimate of drug-likeness (QED) is 0.846. The summed E-state index contributed by atoms with van der Waals surface area (Å²) >= 11 is 0. The molecule has 1 aliphatic rings. The minimum absolute atomic E-state index is 0.0360. The van der Waals surface area contributed by atoms with E-state index in [4.69, 9.17) is 4.74 Å². The second kappa shape index (κ2) is 6.06. The molecule has 0 amide bonds. The van der Waals surface area contributed by atoms with Gasteiger partial charge < -0.3 is 9.84 Å². The number of aryl methyl sites for hydroxylation is 1. The number of carbonyl (C=O) groups is 1. The maximum Gasteiger partial charge on any atom is 0.324 e. The van der Waals surface area contributed by atoms with Crippen molar-refractivity contribution in [3.8, 4) is 5.75 Å². The number of aliphatic carboxylic acids is 1. The number of carboxylic acids is 1. The van der Waals surface area contributed by atoms with Gasteiger partial charge in [-0.3, -0.25) is 10.1 Å². The molecule has 4 nitrogen and oxygen atoms in total. The van der Waals surface area contributed by atoms with Crippen LogP contribution in [0, 0.1) is 6.92 Å². The third-order valence-corrected chi connectivity index (χ3v) is 3.66. The van der Waals surface area contributed by atoms with Gasteiger partial charge in [-0.25, -0.2) is 0 Å². The molecular weight excluding hydrogens is 266 g/mol. The molecule has 0 aliphatic heterocycles. The first-order valence-corrected chi connectivity index (χ1v) is 7.50. The van der Waals surface area contributed by atoms with Crippen molar-refractivity contribution in [2.45, 2.75) is 58.0 Å². The Morgan fingerprint density at radius 2 is 2.10 bits per heavy atom. The average Bonchev–Trinajstić information content (AvgIpc) is 3.16. The second-order valence-corrected chi connectivity index (χ2v) is 6.89. The lowest BCUT2D eigenvalue weighted by atomic mass is 9.86. The molecule has 1 unspecified atom stereocenters. The summed E-state index contributed by atoms with van der Waals surface area (Å²) in [7, 11) is 0. The Hall–Kier alpha value is -1.55. The van der Waals surface area contributed by atoms with Crippen molar-refractivity contribution in [3.63, 3.8) is 0 Å². The van der Waals surface area contributed by atoms with Gasteiger partial charge in [0.2, 0.25) is 0 Å². The van der Waals surface area contributed by atoms with Gasteiger partial charge >= 0.3 is 5.97 Å². The highest BCUT2D eigenvalue weighted by molar-refractivity contribution is 5.73. The van der Waals surface area contributed by atoms with Gasteiger partial charge in [0.25, 0.3) is 0 Å². The van der Waals surface area contributed by atoms with Crippen LogP contribution in [-0.4, -0.2) is 29.8 Å². The molecule has 4 heteroatoms. The fraction of sp³-hybridized carbons (Fsp3) is 0.588. The number of ether oxygens (including phenoxy) is 1. The van der Waals surface area contributed by atoms with E-state index in [0.717, 1.165) is 29.7 Å². The molecule has 0 spiro atoms. The van der Waals surface area contributed by atoms with Crippen LogP contribution in [-0.2, 0) is 10.2 Å². The Morgan fingerprint density at radius 1 is 1.43 bits per heavy atom. The van der Waals surface area contributed by atoms with E-state index in [1.54, 1.807) is 0 Å². The largest absolute Gasteiger partial charge is 0.491 e. The Labute approximate surface area is 126 Å². The van der Waals surface area contributed by atoms with Gasteiger partial charge in [-0.1, -0.05) is 32.9 Å². The number of hydrogen-bond acceptors (Lipinski definition) is 3. The van der Waals surface area contributed by atoms with Gasteiger partial charge in [0.05, 0.1) is 0 Å². The molecule has 0 heterocycles. The van der Waals surface area contributed by atoms with Crippen molar-refractivity contribution in [3.05, 3.63) is 29.3 Å². The molecule has 0 saturated heterocycles. The van der Waals surface area contributed by atoms with Crippen molar-refractivity contribution in [1.82, 2.24) is 5.32 Å². The molecule has 1 saturated carbocycles. The lowest BCUT2D eigenvalue weighted by Crippen LogP contribution is -2.42. The molecule has 0 radical (unpaired) electrons. The van der Waals surface area contributed by atoms with Gasteiger partial charge in [0.15, 0.2) is 0 Å². The molecule has 1 aromatic carbocycles. The first-order chi connectivity index (χ1) is 9.77. The molecular formula is C17H25NO3. The van der Waals surface area contributed by atoms with Gasteiger partial charge in [-0.15, -0.1) is 0 Å². The molecule has 1 atom stereocenters. The van der Waals surface area contributed by atoms with E-state index in [2.05, 4.69) is 38.2 Å². The van der Waals surface area contributed by atoms with Crippen LogP contribution < -0.4 is 10.1 Å². The fourth-order valence-electron chi connectivity index (χ4n) is 2.27. The summed E-state index contributed by atoms with van der Waals surface area (Å²) in [5.41, 5.74) is 2.18. The van der Waals surface area contributed by atoms with E-state index in [9.17, 15) is 9.90 Å². The van der Waals surface area contributed by atoms with E-state index >= 15 is 0 Å². The van der Waals surface area contributed by atoms with Gasteiger partial charge in [-0.2, -0.15) is 0 Å². The molecule has 0 aromatic heterocycles. The lowest BCUT2D eigenvalue weighted by Gasteiger charge is -2.24. The number of benzene rings is 1. The normalized spacial score (nSPS) is 16.6. The Morgan fingerprint density at radius 3 is 2.62 bits per heavy atom. The summed E-state index contributed by atoms with van der Waals surface area (Å²) in [6.45, 7) is 8.54. The highest BCUT2D eigenvalue weighted by Gasteiger charge is 2.29. The number of nitrogens with one attached hydrogen (secondary N) is 1. The van der Waals surface area contributed by atoms with Gasteiger partial charge in [0.1, 0.15) is 18.4 Å².